The van der Waals surface area contributed by atoms with Gasteiger partial charge in [0.2, 0.25) is 0 Å². The normalized spacial score (nSPS) is 11.6. The molecule has 0 heterocycles. The Labute approximate surface area is 291 Å². The van der Waals surface area contributed by atoms with Crippen molar-refractivity contribution in [2.45, 2.75) is 0 Å². The van der Waals surface area contributed by atoms with Crippen molar-refractivity contribution in [1.82, 2.24) is 0 Å². The highest BCUT2D eigenvalue weighted by molar-refractivity contribution is 6.29. The predicted molar refractivity (Wildman–Crippen MR) is 216 cm³/mol. The van der Waals surface area contributed by atoms with Gasteiger partial charge in [-0.15, -0.1) is 0 Å². The summed E-state index contributed by atoms with van der Waals surface area (Å²) in [6.07, 6.45) is 0. The maximum Gasteiger partial charge on any atom is -0.00141 e. The van der Waals surface area contributed by atoms with Crippen LogP contribution >= 0.6 is 0 Å². The summed E-state index contributed by atoms with van der Waals surface area (Å²) >= 11 is 0. The fourth-order valence-corrected chi connectivity index (χ4v) is 8.33. The van der Waals surface area contributed by atoms with Crippen LogP contribution in [0.15, 0.2) is 194 Å². The molecule has 0 amide bonds. The van der Waals surface area contributed by atoms with Crippen molar-refractivity contribution < 1.29 is 0 Å². The zero-order valence-electron chi connectivity index (χ0n) is 27.5. The number of hydrogen-bond donors (Lipinski definition) is 0. The van der Waals surface area contributed by atoms with Crippen molar-refractivity contribution in [1.29, 1.82) is 0 Å². The van der Waals surface area contributed by atoms with Crippen LogP contribution in [0.3, 0.4) is 0 Å². The summed E-state index contributed by atoms with van der Waals surface area (Å²) < 4.78 is 0. The largest absolute Gasteiger partial charge is 0.0622 e. The van der Waals surface area contributed by atoms with E-state index in [1.54, 1.807) is 0 Å². The SMILES string of the molecule is c1ccc(-c2c3ccccc3c(-c3ccc4c(-c5ccccc5)c5c(ccc6ccccc65)c(-c5ccccc5)c4c3)c3ccccc23)cc1. The minimum absolute atomic E-state index is 1.22. The molecular weight excluding hydrogens is 601 g/mol. The zero-order valence-corrected chi connectivity index (χ0v) is 27.5. The van der Waals surface area contributed by atoms with Crippen LogP contribution in [-0.4, -0.2) is 0 Å². The number of benzene rings is 10. The molecule has 0 bridgehead atoms. The van der Waals surface area contributed by atoms with Crippen molar-refractivity contribution in [3.8, 4) is 44.5 Å². The average molecular weight is 633 g/mol. The van der Waals surface area contributed by atoms with Gasteiger partial charge >= 0.3 is 0 Å². The molecule has 0 aliphatic rings. The van der Waals surface area contributed by atoms with E-state index in [-0.39, 0.29) is 0 Å². The smallest absolute Gasteiger partial charge is 0.00141 e. The van der Waals surface area contributed by atoms with Gasteiger partial charge in [0.1, 0.15) is 0 Å². The molecule has 0 fully saturated rings. The van der Waals surface area contributed by atoms with Crippen LogP contribution in [0.1, 0.15) is 0 Å². The highest BCUT2D eigenvalue weighted by atomic mass is 14.2. The Morgan fingerprint density at radius 3 is 1.12 bits per heavy atom. The number of fused-ring (bicyclic) bond motifs is 6. The third-order valence-corrected chi connectivity index (χ3v) is 10.4. The van der Waals surface area contributed by atoms with Crippen LogP contribution in [0.4, 0.5) is 0 Å². The molecule has 0 saturated heterocycles. The molecule has 0 heteroatoms. The standard InChI is InChI=1S/C50H32/c1-4-17-34(18-5-1)46-39-24-12-14-26-41(39)48(42-27-15-13-25-40(42)46)37-29-30-43-45(32-37)47(35-19-6-2-7-20-35)44-31-28-33-16-10-11-23-38(33)50(44)49(43)36-21-8-3-9-22-36/h1-32H. The van der Waals surface area contributed by atoms with Crippen molar-refractivity contribution >= 4 is 53.9 Å². The van der Waals surface area contributed by atoms with Gasteiger partial charge in [0.25, 0.3) is 0 Å². The fraction of sp³-hybridized carbons (Fsp3) is 0. The van der Waals surface area contributed by atoms with Gasteiger partial charge in [-0.05, 0) is 104 Å². The molecule has 232 valence electrons. The Morgan fingerprint density at radius 1 is 0.200 bits per heavy atom. The van der Waals surface area contributed by atoms with Crippen LogP contribution in [-0.2, 0) is 0 Å². The summed E-state index contributed by atoms with van der Waals surface area (Å²) in [4.78, 5) is 0. The molecule has 0 unspecified atom stereocenters. The van der Waals surface area contributed by atoms with Gasteiger partial charge < -0.3 is 0 Å². The summed E-state index contributed by atoms with van der Waals surface area (Å²) in [7, 11) is 0. The van der Waals surface area contributed by atoms with Crippen LogP contribution < -0.4 is 0 Å². The second kappa shape index (κ2) is 11.6. The molecule has 10 rings (SSSR count). The van der Waals surface area contributed by atoms with Crippen LogP contribution in [0.5, 0.6) is 0 Å². The highest BCUT2D eigenvalue weighted by Gasteiger charge is 2.21. The minimum Gasteiger partial charge on any atom is -0.0622 e. The first-order valence-electron chi connectivity index (χ1n) is 17.4. The Hall–Kier alpha value is -6.50. The molecule has 0 atom stereocenters. The van der Waals surface area contributed by atoms with Gasteiger partial charge in [-0.3, -0.25) is 0 Å². The molecule has 0 aromatic heterocycles. The topological polar surface area (TPSA) is 0 Å². The molecule has 0 spiro atoms. The van der Waals surface area contributed by atoms with Crippen molar-refractivity contribution in [3.05, 3.63) is 194 Å². The van der Waals surface area contributed by atoms with Gasteiger partial charge in [-0.1, -0.05) is 188 Å². The third-order valence-electron chi connectivity index (χ3n) is 10.4. The van der Waals surface area contributed by atoms with Gasteiger partial charge in [0, 0.05) is 0 Å². The predicted octanol–water partition coefficient (Wildman–Crippen LogP) is 14.1. The number of rotatable bonds is 4. The van der Waals surface area contributed by atoms with E-state index in [0.29, 0.717) is 0 Å². The van der Waals surface area contributed by atoms with E-state index in [0.717, 1.165) is 0 Å². The van der Waals surface area contributed by atoms with Crippen molar-refractivity contribution in [3.63, 3.8) is 0 Å². The van der Waals surface area contributed by atoms with E-state index < -0.39 is 0 Å². The summed E-state index contributed by atoms with van der Waals surface area (Å²) in [6.45, 7) is 0. The van der Waals surface area contributed by atoms with Gasteiger partial charge in [0.15, 0.2) is 0 Å². The molecule has 0 N–H and O–H groups in total. The molecule has 0 nitrogen and oxygen atoms in total. The number of hydrogen-bond acceptors (Lipinski definition) is 0. The molecule has 10 aromatic carbocycles. The third kappa shape index (κ3) is 4.39. The summed E-state index contributed by atoms with van der Waals surface area (Å²) in [5.41, 5.74) is 10.0. The minimum atomic E-state index is 1.22. The molecular formula is C50H32. The lowest BCUT2D eigenvalue weighted by atomic mass is 9.82. The quantitative estimate of drug-likeness (QED) is 0.134. The van der Waals surface area contributed by atoms with Crippen LogP contribution in [0, 0.1) is 0 Å². The van der Waals surface area contributed by atoms with E-state index >= 15 is 0 Å². The Morgan fingerprint density at radius 2 is 0.580 bits per heavy atom. The molecule has 0 aliphatic heterocycles. The lowest BCUT2D eigenvalue weighted by Gasteiger charge is -2.21. The molecule has 50 heavy (non-hydrogen) atoms. The maximum absolute atomic E-state index is 2.47. The van der Waals surface area contributed by atoms with Crippen LogP contribution in [0.2, 0.25) is 0 Å². The Kier molecular flexibility index (Phi) is 6.60. The summed E-state index contributed by atoms with van der Waals surface area (Å²) in [5, 5.41) is 12.7. The average Bonchev–Trinajstić information content (AvgIpc) is 3.19. The molecule has 10 aromatic rings. The van der Waals surface area contributed by atoms with E-state index in [1.807, 2.05) is 0 Å². The van der Waals surface area contributed by atoms with E-state index in [1.165, 1.54) is 98.4 Å². The first-order chi connectivity index (χ1) is 24.8. The first-order valence-corrected chi connectivity index (χ1v) is 17.4. The first kappa shape index (κ1) is 28.5. The van der Waals surface area contributed by atoms with Gasteiger partial charge in [-0.25, -0.2) is 0 Å². The Bertz CT molecular complexity index is 2830. The van der Waals surface area contributed by atoms with Gasteiger partial charge in [-0.2, -0.15) is 0 Å². The van der Waals surface area contributed by atoms with E-state index in [4.69, 9.17) is 0 Å². The maximum atomic E-state index is 2.47. The van der Waals surface area contributed by atoms with Gasteiger partial charge in [0.05, 0.1) is 0 Å². The zero-order chi connectivity index (χ0) is 33.0. The van der Waals surface area contributed by atoms with Crippen molar-refractivity contribution in [2.75, 3.05) is 0 Å². The lowest BCUT2D eigenvalue weighted by Crippen LogP contribution is -1.94. The van der Waals surface area contributed by atoms with Crippen molar-refractivity contribution in [2.24, 2.45) is 0 Å². The monoisotopic (exact) mass is 632 g/mol. The summed E-state index contributed by atoms with van der Waals surface area (Å²) in [6, 6.07) is 71.3. The van der Waals surface area contributed by atoms with Crippen LogP contribution in [0.25, 0.3) is 98.4 Å². The molecule has 0 saturated carbocycles. The fourth-order valence-electron chi connectivity index (χ4n) is 8.33. The second-order valence-corrected chi connectivity index (χ2v) is 13.2. The van der Waals surface area contributed by atoms with E-state index in [9.17, 15) is 0 Å². The molecule has 0 aliphatic carbocycles. The van der Waals surface area contributed by atoms with E-state index in [2.05, 4.69) is 194 Å². The second-order valence-electron chi connectivity index (χ2n) is 13.2. The highest BCUT2D eigenvalue weighted by Crippen LogP contribution is 2.49. The summed E-state index contributed by atoms with van der Waals surface area (Å²) in [5.74, 6) is 0. The molecule has 0 radical (unpaired) electrons. The Balaban J connectivity index is 1.39. The lowest BCUT2D eigenvalue weighted by molar-refractivity contribution is 1.65.